The second-order valence-corrected chi connectivity index (χ2v) is 5.21. The number of carbonyl (C=O) groups excluding carboxylic acids is 1. The van der Waals surface area contributed by atoms with Crippen molar-refractivity contribution in [3.63, 3.8) is 0 Å². The third kappa shape index (κ3) is 3.63. The third-order valence-corrected chi connectivity index (χ3v) is 3.68. The molecular weight excluding hydrogens is 238 g/mol. The Bertz CT molecular complexity index is 425. The van der Waals surface area contributed by atoms with E-state index in [1.807, 2.05) is 41.1 Å². The number of benzene rings is 1. The summed E-state index contributed by atoms with van der Waals surface area (Å²) in [7, 11) is 1.92. The van der Waals surface area contributed by atoms with Gasteiger partial charge in [0.2, 0.25) is 5.91 Å². The minimum atomic E-state index is 0.202. The first-order valence-corrected chi connectivity index (χ1v) is 7.02. The van der Waals surface area contributed by atoms with E-state index in [2.05, 4.69) is 0 Å². The quantitative estimate of drug-likeness (QED) is 0.848. The lowest BCUT2D eigenvalue weighted by Gasteiger charge is -2.26. The Labute approximate surface area is 115 Å². The maximum atomic E-state index is 12.3. The van der Waals surface area contributed by atoms with Crippen molar-refractivity contribution in [2.24, 2.45) is 0 Å². The average Bonchev–Trinajstić information content (AvgIpc) is 2.68. The van der Waals surface area contributed by atoms with Crippen molar-refractivity contribution in [3.05, 3.63) is 24.3 Å². The smallest absolute Gasteiger partial charge is 0.242 e. The molecule has 1 fully saturated rings. The molecule has 1 aliphatic heterocycles. The Kier molecular flexibility index (Phi) is 4.66. The molecule has 1 aliphatic rings. The predicted molar refractivity (Wildman–Crippen MR) is 79.2 cm³/mol. The normalized spacial score (nSPS) is 15.9. The molecule has 0 aliphatic carbocycles. The summed E-state index contributed by atoms with van der Waals surface area (Å²) in [4.78, 5) is 16.2. The summed E-state index contributed by atoms with van der Waals surface area (Å²) >= 11 is 0. The molecule has 0 radical (unpaired) electrons. The molecule has 0 bridgehead atoms. The molecule has 19 heavy (non-hydrogen) atoms. The maximum Gasteiger partial charge on any atom is 0.242 e. The van der Waals surface area contributed by atoms with Gasteiger partial charge in [0.1, 0.15) is 0 Å². The van der Waals surface area contributed by atoms with Gasteiger partial charge in [0.15, 0.2) is 0 Å². The molecular formula is C15H23N3O. The fourth-order valence-corrected chi connectivity index (χ4v) is 2.54. The van der Waals surface area contributed by atoms with E-state index >= 15 is 0 Å². The van der Waals surface area contributed by atoms with Gasteiger partial charge in [-0.25, -0.2) is 0 Å². The van der Waals surface area contributed by atoms with Crippen LogP contribution in [0.1, 0.15) is 25.7 Å². The number of para-hydroxylation sites is 2. The lowest BCUT2D eigenvalue weighted by molar-refractivity contribution is -0.129. The molecule has 0 aromatic heterocycles. The van der Waals surface area contributed by atoms with Crippen LogP contribution in [0.15, 0.2) is 24.3 Å². The highest BCUT2D eigenvalue weighted by Gasteiger charge is 2.17. The van der Waals surface area contributed by atoms with Crippen molar-refractivity contribution in [2.75, 3.05) is 37.3 Å². The number of anilines is 2. The molecule has 1 amide bonds. The highest BCUT2D eigenvalue weighted by atomic mass is 16.2. The molecule has 1 saturated heterocycles. The van der Waals surface area contributed by atoms with Crippen LogP contribution in [0.2, 0.25) is 0 Å². The minimum Gasteiger partial charge on any atom is -0.397 e. The van der Waals surface area contributed by atoms with Gasteiger partial charge in [0.25, 0.3) is 0 Å². The number of nitrogens with two attached hydrogens (primary N) is 1. The summed E-state index contributed by atoms with van der Waals surface area (Å²) in [5.41, 5.74) is 7.57. The molecule has 104 valence electrons. The van der Waals surface area contributed by atoms with Gasteiger partial charge in [-0.2, -0.15) is 0 Å². The Balaban J connectivity index is 1.96. The third-order valence-electron chi connectivity index (χ3n) is 3.68. The van der Waals surface area contributed by atoms with Crippen LogP contribution >= 0.6 is 0 Å². The molecule has 0 spiro atoms. The van der Waals surface area contributed by atoms with E-state index in [4.69, 9.17) is 5.73 Å². The van der Waals surface area contributed by atoms with Crippen LogP contribution in [-0.4, -0.2) is 37.5 Å². The molecule has 4 nitrogen and oxygen atoms in total. The Morgan fingerprint density at radius 3 is 2.47 bits per heavy atom. The highest BCUT2D eigenvalue weighted by molar-refractivity contribution is 5.83. The van der Waals surface area contributed by atoms with Gasteiger partial charge in [-0.1, -0.05) is 25.0 Å². The van der Waals surface area contributed by atoms with Crippen LogP contribution in [0.3, 0.4) is 0 Å². The van der Waals surface area contributed by atoms with Crippen molar-refractivity contribution >= 4 is 17.3 Å². The second-order valence-electron chi connectivity index (χ2n) is 5.21. The lowest BCUT2D eigenvalue weighted by atomic mass is 10.2. The monoisotopic (exact) mass is 261 g/mol. The van der Waals surface area contributed by atoms with Gasteiger partial charge in [-0.15, -0.1) is 0 Å². The summed E-state index contributed by atoms with van der Waals surface area (Å²) in [6.45, 7) is 2.20. The number of likely N-dealkylation sites (N-methyl/N-ethyl adjacent to an activating group) is 1. The lowest BCUT2D eigenvalue weighted by Crippen LogP contribution is -2.39. The highest BCUT2D eigenvalue weighted by Crippen LogP contribution is 2.21. The van der Waals surface area contributed by atoms with Gasteiger partial charge in [0.05, 0.1) is 17.9 Å². The van der Waals surface area contributed by atoms with Gasteiger partial charge in [-0.3, -0.25) is 4.79 Å². The number of likely N-dealkylation sites (tertiary alicyclic amines) is 1. The zero-order chi connectivity index (χ0) is 13.7. The van der Waals surface area contributed by atoms with Crippen molar-refractivity contribution in [1.82, 2.24) is 4.90 Å². The molecule has 1 aromatic rings. The van der Waals surface area contributed by atoms with Gasteiger partial charge in [-0.05, 0) is 25.0 Å². The van der Waals surface area contributed by atoms with E-state index in [1.54, 1.807) is 0 Å². The molecule has 0 saturated carbocycles. The molecule has 2 N–H and O–H groups in total. The van der Waals surface area contributed by atoms with Crippen LogP contribution < -0.4 is 10.6 Å². The molecule has 1 aromatic carbocycles. The van der Waals surface area contributed by atoms with E-state index in [1.165, 1.54) is 12.8 Å². The summed E-state index contributed by atoms with van der Waals surface area (Å²) < 4.78 is 0. The summed E-state index contributed by atoms with van der Waals surface area (Å²) in [5.74, 6) is 0.202. The molecule has 1 heterocycles. The van der Waals surface area contributed by atoms with Crippen molar-refractivity contribution in [1.29, 1.82) is 0 Å². The van der Waals surface area contributed by atoms with E-state index in [9.17, 15) is 4.79 Å². The number of amides is 1. The number of nitrogen functional groups attached to an aromatic ring is 1. The standard InChI is InChI=1S/C15H23N3O/c1-17(14-9-5-4-8-13(14)16)12-15(19)18-10-6-2-3-7-11-18/h4-5,8-9H,2-3,6-7,10-12,16H2,1H3. The van der Waals surface area contributed by atoms with Crippen LogP contribution in [0.5, 0.6) is 0 Å². The first kappa shape index (κ1) is 13.7. The van der Waals surface area contributed by atoms with E-state index < -0.39 is 0 Å². The molecule has 4 heteroatoms. The summed E-state index contributed by atoms with van der Waals surface area (Å²) in [5, 5.41) is 0. The number of hydrogen-bond acceptors (Lipinski definition) is 3. The minimum absolute atomic E-state index is 0.202. The molecule has 2 rings (SSSR count). The number of rotatable bonds is 3. The Hall–Kier alpha value is -1.71. The first-order chi connectivity index (χ1) is 9.18. The van der Waals surface area contributed by atoms with Crippen molar-refractivity contribution in [2.45, 2.75) is 25.7 Å². The molecule has 0 unspecified atom stereocenters. The summed E-state index contributed by atoms with van der Waals surface area (Å²) in [6.07, 6.45) is 4.74. The topological polar surface area (TPSA) is 49.6 Å². The zero-order valence-electron chi connectivity index (χ0n) is 11.6. The van der Waals surface area contributed by atoms with E-state index in [-0.39, 0.29) is 5.91 Å². The van der Waals surface area contributed by atoms with E-state index in [0.717, 1.165) is 31.6 Å². The van der Waals surface area contributed by atoms with Gasteiger partial charge >= 0.3 is 0 Å². The van der Waals surface area contributed by atoms with Gasteiger partial charge in [0, 0.05) is 20.1 Å². The van der Waals surface area contributed by atoms with Crippen LogP contribution in [-0.2, 0) is 4.79 Å². The Morgan fingerprint density at radius 2 is 1.84 bits per heavy atom. The van der Waals surface area contributed by atoms with Crippen LogP contribution in [0, 0.1) is 0 Å². The summed E-state index contributed by atoms with van der Waals surface area (Å²) in [6, 6.07) is 7.66. The number of carbonyl (C=O) groups is 1. The second kappa shape index (κ2) is 6.45. The maximum absolute atomic E-state index is 12.3. The van der Waals surface area contributed by atoms with E-state index in [0.29, 0.717) is 12.2 Å². The van der Waals surface area contributed by atoms with Gasteiger partial charge < -0.3 is 15.5 Å². The SMILES string of the molecule is CN(CC(=O)N1CCCCCC1)c1ccccc1N. The average molecular weight is 261 g/mol. The number of hydrogen-bond donors (Lipinski definition) is 1. The zero-order valence-corrected chi connectivity index (χ0v) is 11.6. The number of nitrogens with zero attached hydrogens (tertiary/aromatic N) is 2. The Morgan fingerprint density at radius 1 is 1.21 bits per heavy atom. The molecule has 0 atom stereocenters. The fourth-order valence-electron chi connectivity index (χ4n) is 2.54. The predicted octanol–water partition coefficient (Wildman–Crippen LogP) is 2.11. The first-order valence-electron chi connectivity index (χ1n) is 7.02. The van der Waals surface area contributed by atoms with Crippen LogP contribution in [0.4, 0.5) is 11.4 Å². The largest absolute Gasteiger partial charge is 0.397 e. The van der Waals surface area contributed by atoms with Crippen molar-refractivity contribution in [3.8, 4) is 0 Å². The van der Waals surface area contributed by atoms with Crippen molar-refractivity contribution < 1.29 is 4.79 Å². The van der Waals surface area contributed by atoms with Crippen LogP contribution in [0.25, 0.3) is 0 Å². The fraction of sp³-hybridized carbons (Fsp3) is 0.533.